The van der Waals surface area contributed by atoms with Crippen molar-refractivity contribution in [2.24, 2.45) is 0 Å². The molecule has 1 aromatic rings. The average Bonchev–Trinajstić information content (AvgIpc) is 3.08. The Kier molecular flexibility index (Phi) is 4.06. The highest BCUT2D eigenvalue weighted by molar-refractivity contribution is 5.94. The van der Waals surface area contributed by atoms with Crippen molar-refractivity contribution in [1.29, 1.82) is 0 Å². The zero-order valence-electron chi connectivity index (χ0n) is 12.4. The largest absolute Gasteiger partial charge is 0.397 e. The van der Waals surface area contributed by atoms with Crippen molar-refractivity contribution >= 4 is 11.6 Å². The molecule has 1 saturated carbocycles. The lowest BCUT2D eigenvalue weighted by atomic mass is 10.1. The summed E-state index contributed by atoms with van der Waals surface area (Å²) in [5.74, 6) is -0.187. The first-order valence-electron chi connectivity index (χ1n) is 6.91. The van der Waals surface area contributed by atoms with Gasteiger partial charge < -0.3 is 25.6 Å². The molecule has 1 amide bonds. The number of nitrogens with zero attached hydrogens (tertiary/aromatic N) is 2. The number of likely N-dealkylation sites (N-methyl/N-ethyl adjacent to an activating group) is 1. The van der Waals surface area contributed by atoms with Crippen LogP contribution in [0.3, 0.4) is 0 Å². The molecule has 1 unspecified atom stereocenters. The molecule has 0 aliphatic heterocycles. The molecule has 20 heavy (non-hydrogen) atoms. The Morgan fingerprint density at radius 3 is 2.80 bits per heavy atom. The maximum Gasteiger partial charge on any atom is 0.268 e. The molecule has 1 fully saturated rings. The van der Waals surface area contributed by atoms with Gasteiger partial charge in [0.2, 0.25) is 0 Å². The van der Waals surface area contributed by atoms with Crippen LogP contribution in [0.1, 0.15) is 36.3 Å². The normalized spacial score (nSPS) is 18.1. The van der Waals surface area contributed by atoms with Crippen LogP contribution in [0.2, 0.25) is 0 Å². The molecule has 112 valence electrons. The molecular formula is C14H24N4O2. The molecule has 1 aliphatic rings. The fourth-order valence-electron chi connectivity index (χ4n) is 2.44. The summed E-state index contributed by atoms with van der Waals surface area (Å²) in [6.45, 7) is 2.40. The lowest BCUT2D eigenvalue weighted by Crippen LogP contribution is -2.47. The monoisotopic (exact) mass is 280 g/mol. The van der Waals surface area contributed by atoms with Gasteiger partial charge in [0.15, 0.2) is 0 Å². The number of nitrogen functional groups attached to an aromatic ring is 1. The first-order chi connectivity index (χ1) is 9.28. The summed E-state index contributed by atoms with van der Waals surface area (Å²) < 4.78 is 1.94. The zero-order valence-corrected chi connectivity index (χ0v) is 12.4. The number of hydrogen-bond acceptors (Lipinski definition) is 4. The van der Waals surface area contributed by atoms with Crippen molar-refractivity contribution in [3.05, 3.63) is 18.0 Å². The highest BCUT2D eigenvalue weighted by Crippen LogP contribution is 2.37. The van der Waals surface area contributed by atoms with Gasteiger partial charge in [-0.05, 0) is 39.9 Å². The van der Waals surface area contributed by atoms with Crippen molar-refractivity contribution in [2.75, 3.05) is 32.9 Å². The fraction of sp³-hybridized carbons (Fsp3) is 0.643. The van der Waals surface area contributed by atoms with E-state index in [4.69, 9.17) is 5.73 Å². The topological polar surface area (TPSA) is 83.5 Å². The van der Waals surface area contributed by atoms with E-state index in [1.165, 1.54) is 0 Å². The molecular weight excluding hydrogens is 256 g/mol. The number of nitrogens with two attached hydrogens (primary N) is 1. The highest BCUT2D eigenvalue weighted by Gasteiger charge is 2.29. The van der Waals surface area contributed by atoms with Crippen LogP contribution in [-0.2, 0) is 0 Å². The van der Waals surface area contributed by atoms with Crippen molar-refractivity contribution in [1.82, 2.24) is 14.8 Å². The second-order valence-corrected chi connectivity index (χ2v) is 6.21. The van der Waals surface area contributed by atoms with Gasteiger partial charge in [0.1, 0.15) is 5.69 Å². The van der Waals surface area contributed by atoms with Gasteiger partial charge in [0.25, 0.3) is 5.91 Å². The summed E-state index contributed by atoms with van der Waals surface area (Å²) in [5, 5.41) is 13.0. The molecule has 1 heterocycles. The number of nitrogens with one attached hydrogen (secondary N) is 1. The number of hydrogen-bond donors (Lipinski definition) is 3. The van der Waals surface area contributed by atoms with E-state index in [-0.39, 0.29) is 12.5 Å². The van der Waals surface area contributed by atoms with Crippen LogP contribution >= 0.6 is 0 Å². The molecule has 6 nitrogen and oxygen atoms in total. The zero-order chi connectivity index (χ0) is 14.9. The van der Waals surface area contributed by atoms with Crippen LogP contribution < -0.4 is 11.1 Å². The fourth-order valence-corrected chi connectivity index (χ4v) is 2.44. The summed E-state index contributed by atoms with van der Waals surface area (Å²) >= 11 is 0. The third-order valence-corrected chi connectivity index (χ3v) is 3.33. The minimum absolute atomic E-state index is 0.187. The van der Waals surface area contributed by atoms with Crippen LogP contribution in [0.25, 0.3) is 0 Å². The summed E-state index contributed by atoms with van der Waals surface area (Å²) in [6.07, 6.45) is 3.99. The van der Waals surface area contributed by atoms with Gasteiger partial charge in [0.05, 0.1) is 11.3 Å². The number of carbonyl (C=O) groups is 1. The Morgan fingerprint density at radius 1 is 1.60 bits per heavy atom. The quantitative estimate of drug-likeness (QED) is 0.706. The molecule has 1 atom stereocenters. The number of amides is 1. The van der Waals surface area contributed by atoms with Crippen LogP contribution in [0, 0.1) is 0 Å². The Bertz CT molecular complexity index is 489. The minimum Gasteiger partial charge on any atom is -0.397 e. The summed E-state index contributed by atoms with van der Waals surface area (Å²) in [4.78, 5) is 14.1. The summed E-state index contributed by atoms with van der Waals surface area (Å²) in [5.41, 5.74) is 5.99. The lowest BCUT2D eigenvalue weighted by molar-refractivity contribution is 0.0324. The third kappa shape index (κ3) is 3.74. The van der Waals surface area contributed by atoms with Crippen molar-refractivity contribution in [3.8, 4) is 0 Å². The first kappa shape index (κ1) is 14.9. The van der Waals surface area contributed by atoms with Gasteiger partial charge in [-0.25, -0.2) is 0 Å². The van der Waals surface area contributed by atoms with Gasteiger partial charge in [-0.3, -0.25) is 4.79 Å². The SMILES string of the molecule is CN(C)CC(C)(O)CNC(=O)c1cc(N)cn1C1CC1. The molecule has 4 N–H and O–H groups in total. The molecule has 0 saturated heterocycles. The van der Waals surface area contributed by atoms with E-state index in [0.717, 1.165) is 12.8 Å². The predicted octanol–water partition coefficient (Wildman–Crippen LogP) is 0.448. The Balaban J connectivity index is 1.98. The molecule has 0 bridgehead atoms. The second-order valence-electron chi connectivity index (χ2n) is 6.21. The molecule has 2 rings (SSSR count). The minimum atomic E-state index is -0.957. The maximum absolute atomic E-state index is 12.2. The summed E-state index contributed by atoms with van der Waals surface area (Å²) in [7, 11) is 3.77. The third-order valence-electron chi connectivity index (χ3n) is 3.33. The molecule has 0 spiro atoms. The van der Waals surface area contributed by atoms with E-state index in [9.17, 15) is 9.90 Å². The van der Waals surface area contributed by atoms with Crippen LogP contribution in [0.15, 0.2) is 12.3 Å². The second kappa shape index (κ2) is 5.46. The first-order valence-corrected chi connectivity index (χ1v) is 6.91. The molecule has 1 aromatic heterocycles. The highest BCUT2D eigenvalue weighted by atomic mass is 16.3. The number of aromatic nitrogens is 1. The Hall–Kier alpha value is -1.53. The van der Waals surface area contributed by atoms with Crippen LogP contribution in [0.4, 0.5) is 5.69 Å². The molecule has 0 radical (unpaired) electrons. The number of aliphatic hydroxyl groups is 1. The predicted molar refractivity (Wildman–Crippen MR) is 78.6 cm³/mol. The van der Waals surface area contributed by atoms with Gasteiger partial charge in [-0.15, -0.1) is 0 Å². The molecule has 6 heteroatoms. The summed E-state index contributed by atoms with van der Waals surface area (Å²) in [6, 6.07) is 2.09. The van der Waals surface area contributed by atoms with Gasteiger partial charge in [-0.1, -0.05) is 0 Å². The molecule has 1 aliphatic carbocycles. The number of carbonyl (C=O) groups excluding carboxylic acids is 1. The van der Waals surface area contributed by atoms with Gasteiger partial charge >= 0.3 is 0 Å². The van der Waals surface area contributed by atoms with E-state index < -0.39 is 5.60 Å². The van der Waals surface area contributed by atoms with Crippen molar-refractivity contribution < 1.29 is 9.90 Å². The molecule has 0 aromatic carbocycles. The van der Waals surface area contributed by atoms with Gasteiger partial charge in [-0.2, -0.15) is 0 Å². The maximum atomic E-state index is 12.2. The van der Waals surface area contributed by atoms with Crippen molar-refractivity contribution in [3.63, 3.8) is 0 Å². The average molecular weight is 280 g/mol. The Labute approximate surface area is 119 Å². The van der Waals surface area contributed by atoms with E-state index in [1.807, 2.05) is 29.8 Å². The number of anilines is 1. The Morgan fingerprint density at radius 2 is 2.25 bits per heavy atom. The van der Waals surface area contributed by atoms with E-state index in [2.05, 4.69) is 5.32 Å². The van der Waals surface area contributed by atoms with E-state index >= 15 is 0 Å². The smallest absolute Gasteiger partial charge is 0.268 e. The van der Waals surface area contributed by atoms with Gasteiger partial charge in [0, 0.05) is 25.3 Å². The van der Waals surface area contributed by atoms with Crippen LogP contribution in [0.5, 0.6) is 0 Å². The van der Waals surface area contributed by atoms with E-state index in [0.29, 0.717) is 24.0 Å². The number of rotatable bonds is 6. The van der Waals surface area contributed by atoms with Crippen LogP contribution in [-0.4, -0.2) is 53.3 Å². The van der Waals surface area contributed by atoms with E-state index in [1.54, 1.807) is 13.0 Å². The lowest BCUT2D eigenvalue weighted by Gasteiger charge is -2.27. The van der Waals surface area contributed by atoms with Crippen molar-refractivity contribution in [2.45, 2.75) is 31.4 Å². The standard InChI is InChI=1S/C14H24N4O2/c1-14(20,9-17(2)3)8-16-13(19)12-6-10(15)7-18(12)11-4-5-11/h6-7,11,20H,4-5,8-9,15H2,1-3H3,(H,16,19).